The van der Waals surface area contributed by atoms with Gasteiger partial charge >= 0.3 is 0 Å². The fraction of sp³-hybridized carbons (Fsp3) is 0.273. The highest BCUT2D eigenvalue weighted by Gasteiger charge is 2.23. The smallest absolute Gasteiger partial charge is 0.260 e. The van der Waals surface area contributed by atoms with Gasteiger partial charge in [-0.15, -0.1) is 0 Å². The third kappa shape index (κ3) is 4.71. The number of anilines is 2. The molecule has 2 aromatic carbocycles. The lowest BCUT2D eigenvalue weighted by Crippen LogP contribution is -2.41. The van der Waals surface area contributed by atoms with Crippen molar-refractivity contribution in [1.82, 2.24) is 0 Å². The second kappa shape index (κ2) is 7.76. The Labute approximate surface area is 164 Å². The van der Waals surface area contributed by atoms with Crippen LogP contribution >= 0.6 is 0 Å². The maximum absolute atomic E-state index is 12.2. The fourth-order valence-corrected chi connectivity index (χ4v) is 2.85. The first-order chi connectivity index (χ1) is 13.2. The molecule has 1 aliphatic heterocycles. The number of carbonyl (C=O) groups is 2. The maximum atomic E-state index is 12.2. The minimum atomic E-state index is -0.694. The Morgan fingerprint density at radius 2 is 1.89 bits per heavy atom. The summed E-state index contributed by atoms with van der Waals surface area (Å²) in [6.45, 7) is 6.79. The quantitative estimate of drug-likeness (QED) is 0.711. The zero-order valence-corrected chi connectivity index (χ0v) is 16.3. The zero-order valence-electron chi connectivity index (χ0n) is 16.3. The number of nitrogens with two attached hydrogens (primary N) is 1. The number of fused-ring (bicyclic) bond motifs is 1. The van der Waals surface area contributed by atoms with E-state index in [4.69, 9.17) is 10.5 Å². The highest BCUT2D eigenvalue weighted by atomic mass is 16.5. The Hall–Kier alpha value is -3.28. The molecule has 0 aliphatic carbocycles. The van der Waals surface area contributed by atoms with E-state index in [2.05, 4.69) is 43.5 Å². The van der Waals surface area contributed by atoms with E-state index >= 15 is 0 Å². The Kier molecular flexibility index (Phi) is 5.40. The van der Waals surface area contributed by atoms with E-state index in [1.54, 1.807) is 24.3 Å². The number of rotatable bonds is 4. The molecule has 1 unspecified atom stereocenters. The minimum Gasteiger partial charge on any atom is -0.477 e. The standard InChI is InChI=1S/C22H25N3O3/c1-22(2,3)15-7-4-14(5-8-15)6-11-20(26)25-16-9-10-18-17(12-16)24-13-19(28-18)21(23)27/h4-12,19,24H,13H2,1-3H3,(H2,23,27)(H,25,26)/b11-6+. The van der Waals surface area contributed by atoms with E-state index in [9.17, 15) is 9.59 Å². The van der Waals surface area contributed by atoms with Crippen LogP contribution in [0.2, 0.25) is 0 Å². The molecule has 6 heteroatoms. The maximum Gasteiger partial charge on any atom is 0.260 e. The van der Waals surface area contributed by atoms with Crippen LogP contribution in [0.3, 0.4) is 0 Å². The third-order valence-electron chi connectivity index (χ3n) is 4.52. The SMILES string of the molecule is CC(C)(C)c1ccc(/C=C/C(=O)Nc2ccc3c(c2)NCC(C(N)=O)O3)cc1. The predicted octanol–water partition coefficient (Wildman–Crippen LogP) is 3.29. The molecule has 0 spiro atoms. The molecular weight excluding hydrogens is 354 g/mol. The van der Waals surface area contributed by atoms with Gasteiger partial charge in [-0.05, 0) is 40.8 Å². The van der Waals surface area contributed by atoms with Gasteiger partial charge in [0.05, 0.1) is 12.2 Å². The zero-order chi connectivity index (χ0) is 20.3. The van der Waals surface area contributed by atoms with E-state index in [1.165, 1.54) is 11.6 Å². The van der Waals surface area contributed by atoms with Crippen LogP contribution in [0.25, 0.3) is 6.08 Å². The molecule has 3 rings (SSSR count). The van der Waals surface area contributed by atoms with Crippen molar-refractivity contribution in [2.75, 3.05) is 17.2 Å². The molecule has 1 heterocycles. The van der Waals surface area contributed by atoms with Crippen molar-refractivity contribution in [3.8, 4) is 5.75 Å². The van der Waals surface area contributed by atoms with Gasteiger partial charge in [0.15, 0.2) is 6.10 Å². The molecule has 146 valence electrons. The number of primary amides is 1. The number of amides is 2. The first-order valence-electron chi connectivity index (χ1n) is 9.16. The van der Waals surface area contributed by atoms with Crippen molar-refractivity contribution in [2.45, 2.75) is 32.3 Å². The molecule has 6 nitrogen and oxygen atoms in total. The van der Waals surface area contributed by atoms with Crippen molar-refractivity contribution in [1.29, 1.82) is 0 Å². The lowest BCUT2D eigenvalue weighted by atomic mass is 9.87. The molecule has 1 atom stereocenters. The van der Waals surface area contributed by atoms with Gasteiger partial charge in [0.25, 0.3) is 5.91 Å². The van der Waals surface area contributed by atoms with Crippen molar-refractivity contribution >= 4 is 29.3 Å². The number of benzene rings is 2. The van der Waals surface area contributed by atoms with Gasteiger partial charge in [-0.25, -0.2) is 0 Å². The summed E-state index contributed by atoms with van der Waals surface area (Å²) < 4.78 is 5.53. The molecule has 2 amide bonds. The van der Waals surface area contributed by atoms with Crippen LogP contribution in [0.4, 0.5) is 11.4 Å². The van der Waals surface area contributed by atoms with Crippen molar-refractivity contribution in [3.05, 3.63) is 59.7 Å². The van der Waals surface area contributed by atoms with Crippen LogP contribution in [0.5, 0.6) is 5.75 Å². The molecule has 2 aromatic rings. The van der Waals surface area contributed by atoms with Crippen LogP contribution in [0.1, 0.15) is 31.9 Å². The monoisotopic (exact) mass is 379 g/mol. The summed E-state index contributed by atoms with van der Waals surface area (Å²) in [6, 6.07) is 13.3. The highest BCUT2D eigenvalue weighted by Crippen LogP contribution is 2.31. The second-order valence-electron chi connectivity index (χ2n) is 7.80. The largest absolute Gasteiger partial charge is 0.477 e. The number of ether oxygens (including phenoxy) is 1. The number of hydrogen-bond acceptors (Lipinski definition) is 4. The molecule has 0 saturated heterocycles. The first-order valence-corrected chi connectivity index (χ1v) is 9.16. The molecule has 0 aromatic heterocycles. The summed E-state index contributed by atoms with van der Waals surface area (Å²) >= 11 is 0. The van der Waals surface area contributed by atoms with Crippen LogP contribution in [-0.2, 0) is 15.0 Å². The summed E-state index contributed by atoms with van der Waals surface area (Å²) in [7, 11) is 0. The van der Waals surface area contributed by atoms with Crippen LogP contribution in [0.15, 0.2) is 48.5 Å². The highest BCUT2D eigenvalue weighted by molar-refractivity contribution is 6.02. The number of carbonyl (C=O) groups excluding carboxylic acids is 2. The van der Waals surface area contributed by atoms with E-state index < -0.39 is 12.0 Å². The number of nitrogens with one attached hydrogen (secondary N) is 2. The Bertz CT molecular complexity index is 912. The summed E-state index contributed by atoms with van der Waals surface area (Å²) in [5.74, 6) is -0.217. The average molecular weight is 379 g/mol. The molecule has 1 aliphatic rings. The fourth-order valence-electron chi connectivity index (χ4n) is 2.85. The Balaban J connectivity index is 1.62. The van der Waals surface area contributed by atoms with Gasteiger partial charge in [0.2, 0.25) is 5.91 Å². The normalized spacial score (nSPS) is 16.0. The summed E-state index contributed by atoms with van der Waals surface area (Å²) in [6.07, 6.45) is 2.58. The van der Waals surface area contributed by atoms with Gasteiger partial charge in [-0.1, -0.05) is 45.0 Å². The van der Waals surface area contributed by atoms with Crippen molar-refractivity contribution in [2.24, 2.45) is 5.73 Å². The van der Waals surface area contributed by atoms with Crippen molar-refractivity contribution < 1.29 is 14.3 Å². The van der Waals surface area contributed by atoms with Crippen molar-refractivity contribution in [3.63, 3.8) is 0 Å². The van der Waals surface area contributed by atoms with Crippen LogP contribution in [0, 0.1) is 0 Å². The van der Waals surface area contributed by atoms with Gasteiger partial charge in [-0.2, -0.15) is 0 Å². The average Bonchev–Trinajstić information content (AvgIpc) is 2.65. The lowest BCUT2D eigenvalue weighted by molar-refractivity contribution is -0.124. The second-order valence-corrected chi connectivity index (χ2v) is 7.80. The molecule has 0 saturated carbocycles. The van der Waals surface area contributed by atoms with Gasteiger partial charge < -0.3 is 21.1 Å². The molecule has 0 bridgehead atoms. The summed E-state index contributed by atoms with van der Waals surface area (Å²) in [4.78, 5) is 23.4. The van der Waals surface area contributed by atoms with E-state index in [0.717, 1.165) is 5.56 Å². The topological polar surface area (TPSA) is 93.5 Å². The summed E-state index contributed by atoms with van der Waals surface area (Å²) in [5.41, 5.74) is 8.90. The third-order valence-corrected chi connectivity index (χ3v) is 4.52. The van der Waals surface area contributed by atoms with Gasteiger partial charge in [0, 0.05) is 11.8 Å². The Morgan fingerprint density at radius 3 is 2.54 bits per heavy atom. The predicted molar refractivity (Wildman–Crippen MR) is 111 cm³/mol. The molecule has 0 fully saturated rings. The van der Waals surface area contributed by atoms with Crippen LogP contribution in [-0.4, -0.2) is 24.5 Å². The van der Waals surface area contributed by atoms with E-state index in [0.29, 0.717) is 23.7 Å². The molecule has 0 radical (unpaired) electrons. The molecular formula is C22H25N3O3. The number of hydrogen-bond donors (Lipinski definition) is 3. The van der Waals surface area contributed by atoms with Gasteiger partial charge in [-0.3, -0.25) is 9.59 Å². The van der Waals surface area contributed by atoms with E-state index in [1.807, 2.05) is 12.1 Å². The minimum absolute atomic E-state index is 0.0985. The molecule has 28 heavy (non-hydrogen) atoms. The molecule has 4 N–H and O–H groups in total. The summed E-state index contributed by atoms with van der Waals surface area (Å²) in [5, 5.41) is 5.91. The lowest BCUT2D eigenvalue weighted by Gasteiger charge is -2.25. The van der Waals surface area contributed by atoms with E-state index in [-0.39, 0.29) is 11.3 Å². The van der Waals surface area contributed by atoms with Gasteiger partial charge in [0.1, 0.15) is 5.75 Å². The van der Waals surface area contributed by atoms with Crippen LogP contribution < -0.4 is 21.1 Å². The first kappa shape index (κ1) is 19.5. The Morgan fingerprint density at radius 1 is 1.18 bits per heavy atom.